The van der Waals surface area contributed by atoms with Crippen molar-refractivity contribution in [2.24, 2.45) is 5.41 Å². The second-order valence-corrected chi connectivity index (χ2v) is 5.58. The maximum atomic E-state index is 11.1. The molecule has 1 aliphatic rings. The molecule has 1 aromatic rings. The van der Waals surface area contributed by atoms with E-state index >= 15 is 0 Å². The molecule has 0 atom stereocenters. The summed E-state index contributed by atoms with van der Waals surface area (Å²) < 4.78 is 0. The summed E-state index contributed by atoms with van der Waals surface area (Å²) in [6, 6.07) is 0. The molecule has 0 radical (unpaired) electrons. The van der Waals surface area contributed by atoms with E-state index in [2.05, 4.69) is 9.88 Å². The van der Waals surface area contributed by atoms with Crippen LogP contribution in [0.25, 0.3) is 0 Å². The molecule has 1 fully saturated rings. The van der Waals surface area contributed by atoms with Gasteiger partial charge in [0.15, 0.2) is 0 Å². The molecule has 1 aliphatic heterocycles. The molecule has 0 aliphatic carbocycles. The molecule has 1 saturated heterocycles. The number of rotatable bonds is 3. The SMILES string of the molecule is CC1(C(=O)O)CCN(Cc2cncs2)CC1. The third kappa shape index (κ3) is 2.41. The Morgan fingerprint density at radius 3 is 2.81 bits per heavy atom. The summed E-state index contributed by atoms with van der Waals surface area (Å²) in [5.74, 6) is -0.662. The minimum absolute atomic E-state index is 0.524. The highest BCUT2D eigenvalue weighted by atomic mass is 32.1. The summed E-state index contributed by atoms with van der Waals surface area (Å²) in [6.07, 6.45) is 3.36. The Labute approximate surface area is 98.9 Å². The number of aromatic nitrogens is 1. The van der Waals surface area contributed by atoms with E-state index in [4.69, 9.17) is 5.11 Å². The van der Waals surface area contributed by atoms with E-state index in [0.29, 0.717) is 0 Å². The van der Waals surface area contributed by atoms with Crippen LogP contribution in [-0.4, -0.2) is 34.0 Å². The van der Waals surface area contributed by atoms with Crippen LogP contribution in [0.3, 0.4) is 0 Å². The third-order valence-corrected chi connectivity index (χ3v) is 4.10. The van der Waals surface area contributed by atoms with E-state index in [9.17, 15) is 4.79 Å². The average Bonchev–Trinajstić information content (AvgIpc) is 2.74. The average molecular weight is 240 g/mol. The van der Waals surface area contributed by atoms with Gasteiger partial charge in [0.25, 0.3) is 0 Å². The van der Waals surface area contributed by atoms with Crippen LogP contribution in [0.5, 0.6) is 0 Å². The van der Waals surface area contributed by atoms with Gasteiger partial charge in [-0.05, 0) is 32.9 Å². The van der Waals surface area contributed by atoms with Gasteiger partial charge in [0.1, 0.15) is 0 Å². The van der Waals surface area contributed by atoms with Crippen LogP contribution in [0.4, 0.5) is 0 Å². The van der Waals surface area contributed by atoms with Crippen molar-refractivity contribution in [3.05, 3.63) is 16.6 Å². The standard InChI is InChI=1S/C11H16N2O2S/c1-11(10(14)15)2-4-13(5-3-11)7-9-6-12-8-16-9/h6,8H,2-5,7H2,1H3,(H,14,15). The Morgan fingerprint density at radius 2 is 2.31 bits per heavy atom. The topological polar surface area (TPSA) is 53.4 Å². The van der Waals surface area contributed by atoms with Crippen molar-refractivity contribution >= 4 is 17.3 Å². The van der Waals surface area contributed by atoms with E-state index in [0.717, 1.165) is 32.5 Å². The number of hydrogen-bond donors (Lipinski definition) is 1. The number of piperidine rings is 1. The first kappa shape index (κ1) is 11.5. The Balaban J connectivity index is 1.88. The van der Waals surface area contributed by atoms with Gasteiger partial charge >= 0.3 is 5.97 Å². The highest BCUT2D eigenvalue weighted by molar-refractivity contribution is 7.09. The molecular weight excluding hydrogens is 224 g/mol. The van der Waals surface area contributed by atoms with Crippen molar-refractivity contribution in [3.8, 4) is 0 Å². The van der Waals surface area contributed by atoms with Crippen LogP contribution in [0.1, 0.15) is 24.6 Å². The molecule has 2 rings (SSSR count). The lowest BCUT2D eigenvalue weighted by molar-refractivity contribution is -0.150. The van der Waals surface area contributed by atoms with Gasteiger partial charge in [-0.2, -0.15) is 0 Å². The Bertz CT molecular complexity index is 356. The zero-order valence-corrected chi connectivity index (χ0v) is 10.2. The van der Waals surface area contributed by atoms with Crippen LogP contribution >= 0.6 is 11.3 Å². The summed E-state index contributed by atoms with van der Waals surface area (Å²) in [6.45, 7) is 4.47. The summed E-state index contributed by atoms with van der Waals surface area (Å²) in [5.41, 5.74) is 1.31. The highest BCUT2D eigenvalue weighted by Crippen LogP contribution is 2.31. The van der Waals surface area contributed by atoms with Gasteiger partial charge in [-0.1, -0.05) is 0 Å². The number of likely N-dealkylation sites (tertiary alicyclic amines) is 1. The Morgan fingerprint density at radius 1 is 1.62 bits per heavy atom. The van der Waals surface area contributed by atoms with Crippen LogP contribution in [-0.2, 0) is 11.3 Å². The molecule has 0 saturated carbocycles. The molecule has 1 N–H and O–H groups in total. The first-order chi connectivity index (χ1) is 7.60. The smallest absolute Gasteiger partial charge is 0.309 e. The van der Waals surface area contributed by atoms with Crippen molar-refractivity contribution in [1.29, 1.82) is 0 Å². The molecule has 0 amide bonds. The minimum atomic E-state index is -0.662. The summed E-state index contributed by atoms with van der Waals surface area (Å²) >= 11 is 1.65. The van der Waals surface area contributed by atoms with E-state index < -0.39 is 11.4 Å². The lowest BCUT2D eigenvalue weighted by Crippen LogP contribution is -2.42. The largest absolute Gasteiger partial charge is 0.481 e. The molecular formula is C11H16N2O2S. The quantitative estimate of drug-likeness (QED) is 0.875. The van der Waals surface area contributed by atoms with Crippen molar-refractivity contribution in [2.75, 3.05) is 13.1 Å². The Kier molecular flexibility index (Phi) is 3.25. The van der Waals surface area contributed by atoms with Gasteiger partial charge in [0.05, 0.1) is 10.9 Å². The van der Waals surface area contributed by atoms with Gasteiger partial charge in [-0.15, -0.1) is 11.3 Å². The molecule has 2 heterocycles. The Hall–Kier alpha value is -0.940. The third-order valence-electron chi connectivity index (χ3n) is 3.34. The molecule has 0 spiro atoms. The van der Waals surface area contributed by atoms with E-state index in [-0.39, 0.29) is 0 Å². The molecule has 88 valence electrons. The van der Waals surface area contributed by atoms with E-state index in [1.165, 1.54) is 4.88 Å². The number of carboxylic acid groups (broad SMARTS) is 1. The van der Waals surface area contributed by atoms with Gasteiger partial charge in [-0.25, -0.2) is 0 Å². The van der Waals surface area contributed by atoms with E-state index in [1.54, 1.807) is 11.3 Å². The van der Waals surface area contributed by atoms with Crippen LogP contribution in [0, 0.1) is 5.41 Å². The van der Waals surface area contributed by atoms with Crippen molar-refractivity contribution in [1.82, 2.24) is 9.88 Å². The molecule has 4 nitrogen and oxygen atoms in total. The highest BCUT2D eigenvalue weighted by Gasteiger charge is 2.36. The first-order valence-corrected chi connectivity index (χ1v) is 6.31. The van der Waals surface area contributed by atoms with E-state index in [1.807, 2.05) is 18.6 Å². The zero-order chi connectivity index (χ0) is 11.6. The number of thiazole rings is 1. The van der Waals surface area contributed by atoms with Crippen LogP contribution in [0.15, 0.2) is 11.7 Å². The van der Waals surface area contributed by atoms with Crippen molar-refractivity contribution in [3.63, 3.8) is 0 Å². The van der Waals surface area contributed by atoms with Gasteiger partial charge < -0.3 is 5.11 Å². The zero-order valence-electron chi connectivity index (χ0n) is 9.35. The number of nitrogens with zero attached hydrogens (tertiary/aromatic N) is 2. The normalized spacial score (nSPS) is 20.8. The lowest BCUT2D eigenvalue weighted by atomic mass is 9.80. The fraction of sp³-hybridized carbons (Fsp3) is 0.636. The second-order valence-electron chi connectivity index (χ2n) is 4.61. The monoisotopic (exact) mass is 240 g/mol. The minimum Gasteiger partial charge on any atom is -0.481 e. The molecule has 16 heavy (non-hydrogen) atoms. The van der Waals surface area contributed by atoms with Crippen LogP contribution < -0.4 is 0 Å². The predicted octanol–water partition coefficient (Wildman–Crippen LogP) is 1.83. The molecule has 1 aromatic heterocycles. The molecule has 0 bridgehead atoms. The number of carboxylic acids is 1. The molecule has 0 aromatic carbocycles. The summed E-state index contributed by atoms with van der Waals surface area (Å²) in [4.78, 5) is 18.7. The number of aliphatic carboxylic acids is 1. The van der Waals surface area contributed by atoms with Crippen molar-refractivity contribution < 1.29 is 9.90 Å². The fourth-order valence-corrected chi connectivity index (χ4v) is 2.60. The molecule has 5 heteroatoms. The number of carbonyl (C=O) groups is 1. The molecule has 0 unspecified atom stereocenters. The van der Waals surface area contributed by atoms with Gasteiger partial charge in [-0.3, -0.25) is 14.7 Å². The van der Waals surface area contributed by atoms with Crippen molar-refractivity contribution in [2.45, 2.75) is 26.3 Å². The summed E-state index contributed by atoms with van der Waals surface area (Å²) in [7, 11) is 0. The maximum Gasteiger partial charge on any atom is 0.309 e. The predicted molar refractivity (Wildman–Crippen MR) is 62.4 cm³/mol. The summed E-state index contributed by atoms with van der Waals surface area (Å²) in [5, 5.41) is 9.11. The van der Waals surface area contributed by atoms with Crippen LogP contribution in [0.2, 0.25) is 0 Å². The van der Waals surface area contributed by atoms with Gasteiger partial charge in [0.2, 0.25) is 0 Å². The number of hydrogen-bond acceptors (Lipinski definition) is 4. The lowest BCUT2D eigenvalue weighted by Gasteiger charge is -2.36. The second kappa shape index (κ2) is 4.51. The first-order valence-electron chi connectivity index (χ1n) is 5.43. The maximum absolute atomic E-state index is 11.1. The van der Waals surface area contributed by atoms with Gasteiger partial charge in [0, 0.05) is 17.6 Å². The fourth-order valence-electron chi connectivity index (χ4n) is 1.96.